The van der Waals surface area contributed by atoms with Crippen LogP contribution in [0.2, 0.25) is 0 Å². The van der Waals surface area contributed by atoms with Gasteiger partial charge in [-0.05, 0) is 105 Å². The number of hydrogen-bond donors (Lipinski definition) is 0. The van der Waals surface area contributed by atoms with E-state index in [9.17, 15) is 0 Å². The van der Waals surface area contributed by atoms with E-state index in [0.29, 0.717) is 0 Å². The molecule has 0 atom stereocenters. The summed E-state index contributed by atoms with van der Waals surface area (Å²) >= 11 is 0. The third-order valence-electron chi connectivity index (χ3n) is 10.4. The summed E-state index contributed by atoms with van der Waals surface area (Å²) in [5.41, 5.74) is 19.5. The maximum absolute atomic E-state index is 2.48. The van der Waals surface area contributed by atoms with Crippen LogP contribution < -0.4 is 4.90 Å². The van der Waals surface area contributed by atoms with Gasteiger partial charge in [0.1, 0.15) is 0 Å². The average Bonchev–Trinajstić information content (AvgIpc) is 3.41. The van der Waals surface area contributed by atoms with Gasteiger partial charge in [0, 0.05) is 27.9 Å². The second-order valence-electron chi connectivity index (χ2n) is 14.0. The third-order valence-corrected chi connectivity index (χ3v) is 10.4. The Kier molecular flexibility index (Phi) is 6.03. The summed E-state index contributed by atoms with van der Waals surface area (Å²) < 4.78 is 0. The Morgan fingerprint density at radius 2 is 0.978 bits per heavy atom. The lowest BCUT2D eigenvalue weighted by atomic mass is 9.81. The van der Waals surface area contributed by atoms with Crippen molar-refractivity contribution >= 4 is 17.1 Å². The molecule has 45 heavy (non-hydrogen) atoms. The molecular formula is C44H39N. The quantitative estimate of drug-likeness (QED) is 0.200. The van der Waals surface area contributed by atoms with Crippen LogP contribution in [0.1, 0.15) is 61.1 Å². The predicted octanol–water partition coefficient (Wildman–Crippen LogP) is 12.1. The van der Waals surface area contributed by atoms with E-state index in [1.807, 2.05) is 0 Å². The SMILES string of the molecule is Cc1ccc2c(c1)C(C)(C)c1cc(C)c(N(c3ccc(-c4ccccc4)cc3)c3ccc4c(c3)C(C)(C)c3ccccc3-4)cc1-2. The smallest absolute Gasteiger partial charge is 0.0497 e. The minimum atomic E-state index is -0.0709. The number of rotatable bonds is 4. The first kappa shape index (κ1) is 27.7. The fourth-order valence-electron chi connectivity index (χ4n) is 7.92. The molecular weight excluding hydrogens is 542 g/mol. The molecule has 2 aliphatic rings. The van der Waals surface area contributed by atoms with Crippen molar-refractivity contribution in [3.8, 4) is 33.4 Å². The fraction of sp³-hybridized carbons (Fsp3) is 0.182. The Labute approximate surface area is 267 Å². The van der Waals surface area contributed by atoms with Gasteiger partial charge in [-0.15, -0.1) is 0 Å². The van der Waals surface area contributed by atoms with Crippen LogP contribution in [0.4, 0.5) is 17.1 Å². The van der Waals surface area contributed by atoms with Crippen molar-refractivity contribution < 1.29 is 0 Å². The van der Waals surface area contributed by atoms with E-state index in [2.05, 4.69) is 174 Å². The van der Waals surface area contributed by atoms with E-state index < -0.39 is 0 Å². The van der Waals surface area contributed by atoms with Gasteiger partial charge in [0.05, 0.1) is 0 Å². The van der Waals surface area contributed by atoms with Crippen molar-refractivity contribution in [3.05, 3.63) is 161 Å². The normalized spacial score (nSPS) is 14.8. The minimum absolute atomic E-state index is 0.0362. The Morgan fingerprint density at radius 1 is 0.422 bits per heavy atom. The molecule has 220 valence electrons. The first-order valence-electron chi connectivity index (χ1n) is 16.1. The molecule has 0 fully saturated rings. The Balaban J connectivity index is 1.33. The molecule has 1 heteroatoms. The summed E-state index contributed by atoms with van der Waals surface area (Å²) in [4.78, 5) is 2.48. The number of anilines is 3. The number of aryl methyl sites for hydroxylation is 2. The lowest BCUT2D eigenvalue weighted by molar-refractivity contribution is 0.659. The van der Waals surface area contributed by atoms with Crippen LogP contribution in [0, 0.1) is 13.8 Å². The highest BCUT2D eigenvalue weighted by molar-refractivity contribution is 5.90. The highest BCUT2D eigenvalue weighted by Gasteiger charge is 2.38. The maximum Gasteiger partial charge on any atom is 0.0497 e. The second kappa shape index (κ2) is 9.81. The third kappa shape index (κ3) is 4.14. The number of benzene rings is 6. The Hall–Kier alpha value is -4.88. The molecule has 6 aromatic carbocycles. The molecule has 0 N–H and O–H groups in total. The maximum atomic E-state index is 2.48. The van der Waals surface area contributed by atoms with Gasteiger partial charge in [-0.3, -0.25) is 0 Å². The van der Waals surface area contributed by atoms with Crippen molar-refractivity contribution in [2.45, 2.75) is 52.4 Å². The largest absolute Gasteiger partial charge is 0.310 e. The van der Waals surface area contributed by atoms with E-state index in [1.165, 1.54) is 78.1 Å². The van der Waals surface area contributed by atoms with Crippen molar-refractivity contribution in [2.24, 2.45) is 0 Å². The summed E-state index contributed by atoms with van der Waals surface area (Å²) in [5.74, 6) is 0. The van der Waals surface area contributed by atoms with Crippen LogP contribution in [0.3, 0.4) is 0 Å². The zero-order valence-electron chi connectivity index (χ0n) is 27.1. The summed E-state index contributed by atoms with van der Waals surface area (Å²) in [7, 11) is 0. The number of fused-ring (bicyclic) bond motifs is 6. The van der Waals surface area contributed by atoms with Gasteiger partial charge in [0.15, 0.2) is 0 Å². The molecule has 0 amide bonds. The van der Waals surface area contributed by atoms with Gasteiger partial charge in [-0.25, -0.2) is 0 Å². The molecule has 0 unspecified atom stereocenters. The molecule has 0 radical (unpaired) electrons. The summed E-state index contributed by atoms with van der Waals surface area (Å²) in [6, 6.07) is 47.6. The zero-order chi connectivity index (χ0) is 31.1. The highest BCUT2D eigenvalue weighted by Crippen LogP contribution is 2.54. The monoisotopic (exact) mass is 581 g/mol. The molecule has 0 aliphatic heterocycles. The predicted molar refractivity (Wildman–Crippen MR) is 191 cm³/mol. The molecule has 8 rings (SSSR count). The fourth-order valence-corrected chi connectivity index (χ4v) is 7.92. The summed E-state index contributed by atoms with van der Waals surface area (Å²) in [6.07, 6.45) is 0. The topological polar surface area (TPSA) is 3.24 Å². The van der Waals surface area contributed by atoms with Gasteiger partial charge < -0.3 is 4.90 Å². The van der Waals surface area contributed by atoms with Crippen molar-refractivity contribution in [1.29, 1.82) is 0 Å². The van der Waals surface area contributed by atoms with Crippen LogP contribution in [-0.4, -0.2) is 0 Å². The van der Waals surface area contributed by atoms with Crippen LogP contribution in [0.15, 0.2) is 127 Å². The zero-order valence-corrected chi connectivity index (χ0v) is 27.1. The summed E-state index contributed by atoms with van der Waals surface area (Å²) in [6.45, 7) is 13.9. The second-order valence-corrected chi connectivity index (χ2v) is 14.0. The van der Waals surface area contributed by atoms with Gasteiger partial charge in [-0.1, -0.05) is 130 Å². The van der Waals surface area contributed by atoms with E-state index in [-0.39, 0.29) is 10.8 Å². The van der Waals surface area contributed by atoms with Crippen molar-refractivity contribution in [1.82, 2.24) is 0 Å². The molecule has 0 heterocycles. The standard InChI is InChI=1S/C44H39N/c1-28-16-22-36-37-27-42(29(2)25-40(37)44(5,6)39(36)24-28)45(32-19-17-31(18-20-32)30-12-8-7-9-13-30)33-21-23-35-34-14-10-11-15-38(34)43(3,4)41(35)26-33/h7-27H,1-6H3. The van der Waals surface area contributed by atoms with Crippen LogP contribution in [0.5, 0.6) is 0 Å². The number of nitrogens with zero attached hydrogens (tertiary/aromatic N) is 1. The van der Waals surface area contributed by atoms with Crippen LogP contribution in [0.25, 0.3) is 33.4 Å². The molecule has 0 saturated carbocycles. The highest BCUT2D eigenvalue weighted by atomic mass is 15.1. The van der Waals surface area contributed by atoms with Crippen molar-refractivity contribution in [3.63, 3.8) is 0 Å². The van der Waals surface area contributed by atoms with Gasteiger partial charge in [-0.2, -0.15) is 0 Å². The molecule has 0 bridgehead atoms. The molecule has 1 nitrogen and oxygen atoms in total. The Morgan fingerprint density at radius 3 is 1.76 bits per heavy atom. The molecule has 0 aromatic heterocycles. The molecule has 0 spiro atoms. The van der Waals surface area contributed by atoms with Gasteiger partial charge in [0.2, 0.25) is 0 Å². The van der Waals surface area contributed by atoms with Gasteiger partial charge in [0.25, 0.3) is 0 Å². The van der Waals surface area contributed by atoms with Gasteiger partial charge >= 0.3 is 0 Å². The van der Waals surface area contributed by atoms with E-state index in [1.54, 1.807) is 0 Å². The molecule has 6 aromatic rings. The lowest BCUT2D eigenvalue weighted by Crippen LogP contribution is -2.18. The minimum Gasteiger partial charge on any atom is -0.310 e. The summed E-state index contributed by atoms with van der Waals surface area (Å²) in [5, 5.41) is 0. The van der Waals surface area contributed by atoms with Crippen LogP contribution in [-0.2, 0) is 10.8 Å². The molecule has 0 saturated heterocycles. The van der Waals surface area contributed by atoms with E-state index in [4.69, 9.17) is 0 Å². The first-order valence-corrected chi connectivity index (χ1v) is 16.1. The molecule has 2 aliphatic carbocycles. The Bertz CT molecular complexity index is 2110. The van der Waals surface area contributed by atoms with Crippen molar-refractivity contribution in [2.75, 3.05) is 4.90 Å². The first-order chi connectivity index (χ1) is 21.6. The van der Waals surface area contributed by atoms with Crippen LogP contribution >= 0.6 is 0 Å². The number of hydrogen-bond acceptors (Lipinski definition) is 1. The average molecular weight is 582 g/mol. The lowest BCUT2D eigenvalue weighted by Gasteiger charge is -2.30. The van der Waals surface area contributed by atoms with E-state index >= 15 is 0 Å². The van der Waals surface area contributed by atoms with E-state index in [0.717, 1.165) is 5.69 Å².